The number of rotatable bonds is 4. The minimum atomic E-state index is -1.23. The van der Waals surface area contributed by atoms with Crippen molar-refractivity contribution in [3.05, 3.63) is 0 Å². The van der Waals surface area contributed by atoms with Gasteiger partial charge in [-0.05, 0) is 70.1 Å². The zero-order chi connectivity index (χ0) is 15.2. The van der Waals surface area contributed by atoms with Gasteiger partial charge in [-0.25, -0.2) is 0 Å². The number of carbonyl (C=O) groups excluding carboxylic acids is 2. The van der Waals surface area contributed by atoms with Gasteiger partial charge < -0.3 is 4.74 Å². The largest absolute Gasteiger partial charge is 0.462 e. The van der Waals surface area contributed by atoms with Crippen LogP contribution in [-0.2, 0) is 14.3 Å². The smallest absolute Gasteiger partial charge is 0.331 e. The number of hydrogen-bond donors (Lipinski definition) is 0. The van der Waals surface area contributed by atoms with Gasteiger partial charge in [0, 0.05) is 5.41 Å². The number of esters is 1. The Bertz CT molecular complexity index is 467. The molecule has 4 fully saturated rings. The van der Waals surface area contributed by atoms with E-state index in [4.69, 9.17) is 4.74 Å². The molecule has 0 spiro atoms. The fraction of sp³-hybridized carbons (Fsp3) is 0.824. The van der Waals surface area contributed by atoms with E-state index < -0.39 is 17.3 Å². The van der Waals surface area contributed by atoms with Crippen LogP contribution >= 0.6 is 0 Å². The lowest BCUT2D eigenvalue weighted by atomic mass is 9.48. The maximum atomic E-state index is 12.9. The van der Waals surface area contributed by atoms with Gasteiger partial charge in [0.05, 0.1) is 12.2 Å². The number of nitrogens with zero attached hydrogens (tertiary/aromatic N) is 1. The van der Waals surface area contributed by atoms with E-state index in [1.807, 2.05) is 6.07 Å². The first kappa shape index (κ1) is 14.6. The van der Waals surface area contributed by atoms with Gasteiger partial charge >= 0.3 is 5.97 Å². The summed E-state index contributed by atoms with van der Waals surface area (Å²) in [6.45, 7) is 3.48. The molecule has 4 rings (SSSR count). The standard InChI is InChI=1S/C17H23NO3/c1-10(2)21-16(20)14(9-18)15(19)17-6-11-3-12(7-17)5-13(4-11)8-17/h10-14H,3-8H2,1-2H3/t11?,12?,13?,14-,17?/m0/s1. The highest BCUT2D eigenvalue weighted by molar-refractivity contribution is 6.04. The van der Waals surface area contributed by atoms with Gasteiger partial charge in [0.15, 0.2) is 5.78 Å². The average Bonchev–Trinajstić information content (AvgIpc) is 2.36. The fourth-order valence-electron chi connectivity index (χ4n) is 5.24. The fourth-order valence-corrected chi connectivity index (χ4v) is 5.24. The molecule has 0 aromatic heterocycles. The van der Waals surface area contributed by atoms with Crippen LogP contribution in [0, 0.1) is 40.4 Å². The summed E-state index contributed by atoms with van der Waals surface area (Å²) >= 11 is 0. The summed E-state index contributed by atoms with van der Waals surface area (Å²) in [6, 6.07) is 1.91. The van der Waals surface area contributed by atoms with Crippen molar-refractivity contribution in [3.8, 4) is 6.07 Å². The molecule has 0 aromatic rings. The van der Waals surface area contributed by atoms with E-state index in [1.54, 1.807) is 13.8 Å². The Morgan fingerprint density at radius 1 is 1.10 bits per heavy atom. The first-order valence-corrected chi connectivity index (χ1v) is 8.08. The summed E-state index contributed by atoms with van der Waals surface area (Å²) in [6.07, 6.45) is 6.05. The van der Waals surface area contributed by atoms with Gasteiger partial charge in [0.2, 0.25) is 5.92 Å². The van der Waals surface area contributed by atoms with Gasteiger partial charge in [0.25, 0.3) is 0 Å². The molecule has 0 aromatic carbocycles. The summed E-state index contributed by atoms with van der Waals surface area (Å²) in [7, 11) is 0. The molecule has 0 aliphatic heterocycles. The van der Waals surface area contributed by atoms with E-state index in [2.05, 4.69) is 0 Å². The molecule has 21 heavy (non-hydrogen) atoms. The molecule has 0 radical (unpaired) electrons. The molecular weight excluding hydrogens is 266 g/mol. The maximum Gasteiger partial charge on any atom is 0.331 e. The summed E-state index contributed by atoms with van der Waals surface area (Å²) in [5.74, 6) is -0.173. The van der Waals surface area contributed by atoms with Crippen molar-refractivity contribution in [3.63, 3.8) is 0 Å². The van der Waals surface area contributed by atoms with Crippen LogP contribution in [0.2, 0.25) is 0 Å². The van der Waals surface area contributed by atoms with Crippen LogP contribution in [0.5, 0.6) is 0 Å². The average molecular weight is 289 g/mol. The number of ketones is 1. The van der Waals surface area contributed by atoms with Crippen LogP contribution in [0.25, 0.3) is 0 Å². The SMILES string of the molecule is CC(C)OC(=O)[C@@H](C#N)C(=O)C12CC3CC(CC(C3)C1)C2. The van der Waals surface area contributed by atoms with Crippen molar-refractivity contribution < 1.29 is 14.3 Å². The third-order valence-electron chi connectivity index (χ3n) is 5.54. The Morgan fingerprint density at radius 3 is 1.95 bits per heavy atom. The van der Waals surface area contributed by atoms with Crippen LogP contribution in [0.3, 0.4) is 0 Å². The highest BCUT2D eigenvalue weighted by atomic mass is 16.5. The Hall–Kier alpha value is -1.37. The maximum absolute atomic E-state index is 12.9. The lowest BCUT2D eigenvalue weighted by Crippen LogP contribution is -2.52. The number of carbonyl (C=O) groups is 2. The number of nitriles is 1. The van der Waals surface area contributed by atoms with Crippen molar-refractivity contribution in [1.29, 1.82) is 5.26 Å². The molecule has 4 nitrogen and oxygen atoms in total. The lowest BCUT2D eigenvalue weighted by Gasteiger charge is -2.56. The minimum absolute atomic E-state index is 0.158. The first-order valence-electron chi connectivity index (χ1n) is 8.08. The lowest BCUT2D eigenvalue weighted by molar-refractivity contribution is -0.160. The predicted molar refractivity (Wildman–Crippen MR) is 75.9 cm³/mol. The predicted octanol–water partition coefficient (Wildman–Crippen LogP) is 2.86. The van der Waals surface area contributed by atoms with E-state index in [1.165, 1.54) is 19.3 Å². The monoisotopic (exact) mass is 289 g/mol. The van der Waals surface area contributed by atoms with Crippen LogP contribution in [-0.4, -0.2) is 17.9 Å². The zero-order valence-corrected chi connectivity index (χ0v) is 12.8. The van der Waals surface area contributed by atoms with Crippen LogP contribution in [0.1, 0.15) is 52.4 Å². The highest BCUT2D eigenvalue weighted by Crippen LogP contribution is 2.60. The Kier molecular flexibility index (Phi) is 3.55. The second kappa shape index (κ2) is 5.12. The van der Waals surface area contributed by atoms with E-state index in [9.17, 15) is 14.9 Å². The third-order valence-corrected chi connectivity index (χ3v) is 5.54. The van der Waals surface area contributed by atoms with Gasteiger partial charge in [0.1, 0.15) is 0 Å². The second-order valence-electron chi connectivity index (χ2n) is 7.61. The van der Waals surface area contributed by atoms with Crippen molar-refractivity contribution in [2.45, 2.75) is 58.5 Å². The quantitative estimate of drug-likeness (QED) is 0.589. The molecule has 4 aliphatic rings. The Morgan fingerprint density at radius 2 is 1.57 bits per heavy atom. The summed E-state index contributed by atoms with van der Waals surface area (Å²) in [5.41, 5.74) is -0.412. The van der Waals surface area contributed by atoms with Gasteiger partial charge in [-0.1, -0.05) is 0 Å². The first-order chi connectivity index (χ1) is 9.93. The van der Waals surface area contributed by atoms with E-state index in [-0.39, 0.29) is 11.9 Å². The third kappa shape index (κ3) is 2.47. The molecule has 0 heterocycles. The Balaban J connectivity index is 1.80. The normalized spacial score (nSPS) is 38.1. The number of hydrogen-bond acceptors (Lipinski definition) is 4. The number of Topliss-reactive ketones (excluding diaryl/α,β-unsaturated/α-hetero) is 1. The summed E-state index contributed by atoms with van der Waals surface area (Å²) in [5, 5.41) is 9.31. The van der Waals surface area contributed by atoms with Crippen LogP contribution in [0.4, 0.5) is 0 Å². The van der Waals surface area contributed by atoms with E-state index in [0.29, 0.717) is 17.8 Å². The van der Waals surface area contributed by atoms with E-state index >= 15 is 0 Å². The number of ether oxygens (including phenoxy) is 1. The Labute approximate surface area is 125 Å². The molecule has 0 amide bonds. The molecule has 4 heteroatoms. The highest BCUT2D eigenvalue weighted by Gasteiger charge is 2.56. The van der Waals surface area contributed by atoms with Crippen molar-refractivity contribution in [1.82, 2.24) is 0 Å². The second-order valence-corrected chi connectivity index (χ2v) is 7.61. The molecule has 4 saturated carbocycles. The van der Waals surface area contributed by atoms with Crippen molar-refractivity contribution in [2.24, 2.45) is 29.1 Å². The van der Waals surface area contributed by atoms with Crippen molar-refractivity contribution in [2.75, 3.05) is 0 Å². The van der Waals surface area contributed by atoms with Crippen LogP contribution < -0.4 is 0 Å². The van der Waals surface area contributed by atoms with Gasteiger partial charge in [-0.2, -0.15) is 5.26 Å². The molecule has 114 valence electrons. The molecule has 1 atom stereocenters. The minimum Gasteiger partial charge on any atom is -0.462 e. The summed E-state index contributed by atoms with van der Waals surface area (Å²) in [4.78, 5) is 25.0. The van der Waals surface area contributed by atoms with E-state index in [0.717, 1.165) is 19.3 Å². The van der Waals surface area contributed by atoms with Crippen molar-refractivity contribution >= 4 is 11.8 Å². The molecule has 0 saturated heterocycles. The van der Waals surface area contributed by atoms with Gasteiger partial charge in [-0.3, -0.25) is 9.59 Å². The molecule has 0 unspecified atom stereocenters. The van der Waals surface area contributed by atoms with Gasteiger partial charge in [-0.15, -0.1) is 0 Å². The zero-order valence-electron chi connectivity index (χ0n) is 12.8. The molecule has 4 aliphatic carbocycles. The molecular formula is C17H23NO3. The summed E-state index contributed by atoms with van der Waals surface area (Å²) < 4.78 is 5.11. The topological polar surface area (TPSA) is 67.2 Å². The van der Waals surface area contributed by atoms with Crippen LogP contribution in [0.15, 0.2) is 0 Å². The molecule has 0 N–H and O–H groups in total. The molecule has 4 bridgehead atoms.